The summed E-state index contributed by atoms with van der Waals surface area (Å²) in [5, 5.41) is 2.22. The molecular formula is C21H30N6O5. The van der Waals surface area contributed by atoms with Gasteiger partial charge in [0.25, 0.3) is 0 Å². The fourth-order valence-electron chi connectivity index (χ4n) is 4.02. The Kier molecular flexibility index (Phi) is 7.98. The van der Waals surface area contributed by atoms with Crippen LogP contribution in [0.15, 0.2) is 18.3 Å². The van der Waals surface area contributed by atoms with Crippen molar-refractivity contribution < 1.29 is 23.9 Å². The second kappa shape index (κ2) is 10.9. The van der Waals surface area contributed by atoms with Gasteiger partial charge < -0.3 is 25.2 Å². The molecule has 0 unspecified atom stereocenters. The second-order valence-electron chi connectivity index (χ2n) is 7.98. The summed E-state index contributed by atoms with van der Waals surface area (Å²) < 4.78 is 5.19. The van der Waals surface area contributed by atoms with Crippen LogP contribution in [0, 0.1) is 0 Å². The Balaban J connectivity index is 1.55. The van der Waals surface area contributed by atoms with E-state index in [1.165, 1.54) is 4.90 Å². The van der Waals surface area contributed by atoms with E-state index in [-0.39, 0.29) is 49.7 Å². The minimum absolute atomic E-state index is 0.00297. The Morgan fingerprint density at radius 3 is 2.69 bits per heavy atom. The molecule has 2 aliphatic heterocycles. The molecule has 0 aromatic carbocycles. The molecule has 2 aliphatic rings. The average Bonchev–Trinajstić information content (AvgIpc) is 2.76. The molecule has 0 bridgehead atoms. The maximum Gasteiger partial charge on any atom is 0.324 e. The van der Waals surface area contributed by atoms with Crippen LogP contribution in [0.4, 0.5) is 10.6 Å². The number of nitrogens with two attached hydrogens (primary N) is 1. The summed E-state index contributed by atoms with van der Waals surface area (Å²) >= 11 is 0. The number of hydrogen-bond acceptors (Lipinski definition) is 7. The number of nitrogen functional groups attached to an aromatic ring is 1. The maximum atomic E-state index is 13.0. The third-order valence-corrected chi connectivity index (χ3v) is 5.78. The lowest BCUT2D eigenvalue weighted by atomic mass is 10.0. The van der Waals surface area contributed by atoms with Crippen molar-refractivity contribution in [2.45, 2.75) is 31.7 Å². The summed E-state index contributed by atoms with van der Waals surface area (Å²) in [6.45, 7) is 2.07. The molecule has 11 nitrogen and oxygen atoms in total. The number of amides is 5. The fraction of sp³-hybridized carbons (Fsp3) is 0.571. The van der Waals surface area contributed by atoms with Crippen LogP contribution >= 0.6 is 0 Å². The molecule has 2 saturated heterocycles. The number of carbonyl (C=O) groups is 4. The van der Waals surface area contributed by atoms with Crippen molar-refractivity contribution in [3.63, 3.8) is 0 Å². The minimum atomic E-state index is -0.530. The van der Waals surface area contributed by atoms with Crippen LogP contribution in [0.25, 0.3) is 0 Å². The van der Waals surface area contributed by atoms with Gasteiger partial charge in [-0.25, -0.2) is 9.78 Å². The molecule has 1 aromatic heterocycles. The van der Waals surface area contributed by atoms with Crippen LogP contribution in [0.2, 0.25) is 0 Å². The fourth-order valence-corrected chi connectivity index (χ4v) is 4.02. The number of methoxy groups -OCH3 is 1. The first-order valence-corrected chi connectivity index (χ1v) is 10.7. The van der Waals surface area contributed by atoms with E-state index in [4.69, 9.17) is 10.5 Å². The van der Waals surface area contributed by atoms with Gasteiger partial charge in [0.1, 0.15) is 12.4 Å². The summed E-state index contributed by atoms with van der Waals surface area (Å²) in [5.41, 5.74) is 6.52. The molecule has 3 heterocycles. The van der Waals surface area contributed by atoms with Crippen LogP contribution in [-0.4, -0.2) is 95.9 Å². The minimum Gasteiger partial charge on any atom is -0.384 e. The molecule has 3 N–H and O–H groups in total. The average molecular weight is 447 g/mol. The van der Waals surface area contributed by atoms with E-state index in [0.29, 0.717) is 44.9 Å². The Morgan fingerprint density at radius 2 is 2.03 bits per heavy atom. The highest BCUT2D eigenvalue weighted by molar-refractivity contribution is 5.98. The summed E-state index contributed by atoms with van der Waals surface area (Å²) in [7, 11) is 1.60. The third kappa shape index (κ3) is 6.16. The number of ether oxygens (including phenoxy) is 1. The van der Waals surface area contributed by atoms with Crippen molar-refractivity contribution in [3.8, 4) is 0 Å². The van der Waals surface area contributed by atoms with Crippen molar-refractivity contribution in [3.05, 3.63) is 23.9 Å². The summed E-state index contributed by atoms with van der Waals surface area (Å²) in [6, 6.07) is 2.93. The highest BCUT2D eigenvalue weighted by atomic mass is 16.5. The lowest BCUT2D eigenvalue weighted by Crippen LogP contribution is -2.55. The molecule has 1 aromatic rings. The number of urea groups is 1. The number of rotatable bonds is 8. The SMILES string of the molecule is COCCN(C(=O)Cc1ccnc(N)c1)C1CCN(C(=O)CN2CCC(=O)NC2=O)CC1. The third-order valence-electron chi connectivity index (χ3n) is 5.78. The number of aromatic nitrogens is 1. The zero-order chi connectivity index (χ0) is 23.1. The van der Waals surface area contributed by atoms with Crippen LogP contribution in [0.1, 0.15) is 24.8 Å². The van der Waals surface area contributed by atoms with E-state index in [9.17, 15) is 19.2 Å². The summed E-state index contributed by atoms with van der Waals surface area (Å²) in [5.74, 6) is -0.130. The van der Waals surface area contributed by atoms with Gasteiger partial charge in [-0.15, -0.1) is 0 Å². The van der Waals surface area contributed by atoms with Gasteiger partial charge >= 0.3 is 6.03 Å². The first-order chi connectivity index (χ1) is 15.4. The lowest BCUT2D eigenvalue weighted by molar-refractivity contribution is -0.137. The van der Waals surface area contributed by atoms with Gasteiger partial charge in [0.2, 0.25) is 17.7 Å². The van der Waals surface area contributed by atoms with Gasteiger partial charge in [0.05, 0.1) is 13.0 Å². The van der Waals surface area contributed by atoms with Crippen molar-refractivity contribution in [2.75, 3.05) is 52.2 Å². The lowest BCUT2D eigenvalue weighted by Gasteiger charge is -2.39. The largest absolute Gasteiger partial charge is 0.384 e. The number of pyridine rings is 1. The van der Waals surface area contributed by atoms with Gasteiger partial charge in [-0.3, -0.25) is 19.7 Å². The Hall–Kier alpha value is -3.21. The zero-order valence-electron chi connectivity index (χ0n) is 18.3. The molecule has 3 rings (SSSR count). The quantitative estimate of drug-likeness (QED) is 0.555. The molecule has 0 atom stereocenters. The number of nitrogens with one attached hydrogen (secondary N) is 1. The molecule has 11 heteroatoms. The van der Waals surface area contributed by atoms with Crippen molar-refractivity contribution in [1.82, 2.24) is 25.0 Å². The van der Waals surface area contributed by atoms with Crippen molar-refractivity contribution >= 4 is 29.6 Å². The van der Waals surface area contributed by atoms with E-state index < -0.39 is 6.03 Å². The molecule has 32 heavy (non-hydrogen) atoms. The van der Waals surface area contributed by atoms with Gasteiger partial charge in [-0.05, 0) is 30.5 Å². The Morgan fingerprint density at radius 1 is 1.28 bits per heavy atom. The second-order valence-corrected chi connectivity index (χ2v) is 7.98. The van der Waals surface area contributed by atoms with E-state index in [1.807, 2.05) is 4.90 Å². The molecule has 0 saturated carbocycles. The van der Waals surface area contributed by atoms with E-state index in [1.54, 1.807) is 30.3 Å². The summed E-state index contributed by atoms with van der Waals surface area (Å²) in [6.07, 6.45) is 3.29. The molecule has 0 spiro atoms. The monoisotopic (exact) mass is 446 g/mol. The Bertz CT molecular complexity index is 855. The topological polar surface area (TPSA) is 138 Å². The van der Waals surface area contributed by atoms with Gasteiger partial charge in [0.15, 0.2) is 0 Å². The van der Waals surface area contributed by atoms with E-state index in [0.717, 1.165) is 5.56 Å². The van der Waals surface area contributed by atoms with Crippen molar-refractivity contribution in [2.24, 2.45) is 0 Å². The molecule has 2 fully saturated rings. The standard InChI is InChI=1S/C21H30N6O5/c1-32-11-10-27(19(29)13-15-2-6-23-17(22)12-15)16-3-7-25(8-4-16)20(30)14-26-9-5-18(28)24-21(26)31/h2,6,12,16H,3-5,7-11,13-14H2,1H3,(H2,22,23)(H,24,28,31). The predicted molar refractivity (Wildman–Crippen MR) is 115 cm³/mol. The number of imide groups is 1. The zero-order valence-corrected chi connectivity index (χ0v) is 18.3. The van der Waals surface area contributed by atoms with E-state index in [2.05, 4.69) is 10.3 Å². The van der Waals surface area contributed by atoms with Gasteiger partial charge in [0, 0.05) is 51.9 Å². The van der Waals surface area contributed by atoms with Crippen LogP contribution in [0.5, 0.6) is 0 Å². The maximum absolute atomic E-state index is 13.0. The van der Waals surface area contributed by atoms with Crippen molar-refractivity contribution in [1.29, 1.82) is 0 Å². The van der Waals surface area contributed by atoms with E-state index >= 15 is 0 Å². The molecule has 0 aliphatic carbocycles. The first-order valence-electron chi connectivity index (χ1n) is 10.7. The van der Waals surface area contributed by atoms with Gasteiger partial charge in [-0.2, -0.15) is 0 Å². The van der Waals surface area contributed by atoms with Crippen LogP contribution in [-0.2, 0) is 25.5 Å². The van der Waals surface area contributed by atoms with Gasteiger partial charge in [-0.1, -0.05) is 0 Å². The number of piperidine rings is 1. The summed E-state index contributed by atoms with van der Waals surface area (Å²) in [4.78, 5) is 57.6. The molecule has 174 valence electrons. The number of hydrogen-bond donors (Lipinski definition) is 2. The number of nitrogens with zero attached hydrogens (tertiary/aromatic N) is 4. The van der Waals surface area contributed by atoms with Crippen LogP contribution in [0.3, 0.4) is 0 Å². The molecule has 5 amide bonds. The normalized spacial score (nSPS) is 17.3. The number of anilines is 1. The molecular weight excluding hydrogens is 416 g/mol. The Labute approximate surface area is 186 Å². The number of carbonyl (C=O) groups excluding carboxylic acids is 4. The number of likely N-dealkylation sites (tertiary alicyclic amines) is 1. The highest BCUT2D eigenvalue weighted by Crippen LogP contribution is 2.19. The molecule has 0 radical (unpaired) electrons. The smallest absolute Gasteiger partial charge is 0.324 e. The first kappa shape index (κ1) is 23.5. The predicted octanol–water partition coefficient (Wildman–Crippen LogP) is -0.386. The van der Waals surface area contributed by atoms with Crippen LogP contribution < -0.4 is 11.1 Å². The highest BCUT2D eigenvalue weighted by Gasteiger charge is 2.31.